The highest BCUT2D eigenvalue weighted by Crippen LogP contribution is 2.11. The third-order valence-corrected chi connectivity index (χ3v) is 3.57. The molecule has 3 N–H and O–H groups in total. The van der Waals surface area contributed by atoms with Crippen molar-refractivity contribution in [3.63, 3.8) is 0 Å². The van der Waals surface area contributed by atoms with E-state index in [0.29, 0.717) is 5.52 Å². The van der Waals surface area contributed by atoms with E-state index in [0.717, 1.165) is 5.39 Å². The molecule has 2 rings (SSSR count). The lowest BCUT2D eigenvalue weighted by Gasteiger charge is -2.12. The van der Waals surface area contributed by atoms with Crippen LogP contribution in [0.1, 0.15) is 10.5 Å². The van der Waals surface area contributed by atoms with Gasteiger partial charge in [-0.15, -0.1) is 0 Å². The van der Waals surface area contributed by atoms with Crippen LogP contribution in [0.15, 0.2) is 36.4 Å². The van der Waals surface area contributed by atoms with Gasteiger partial charge in [0.05, 0.1) is 5.52 Å². The summed E-state index contributed by atoms with van der Waals surface area (Å²) in [6.45, 7) is 0. The van der Waals surface area contributed by atoms with E-state index >= 15 is 0 Å². The third kappa shape index (κ3) is 3.99. The average Bonchev–Trinajstić information content (AvgIpc) is 2.44. The van der Waals surface area contributed by atoms with Gasteiger partial charge in [0, 0.05) is 5.39 Å². The van der Waals surface area contributed by atoms with E-state index in [2.05, 4.69) is 4.98 Å². The first-order valence-corrected chi connectivity index (χ1v) is 7.72. The topological polar surface area (TPSA) is 134 Å². The molecule has 2 aromatic rings. The van der Waals surface area contributed by atoms with Crippen molar-refractivity contribution in [2.24, 2.45) is 0 Å². The van der Waals surface area contributed by atoms with Crippen molar-refractivity contribution in [1.29, 1.82) is 0 Å². The van der Waals surface area contributed by atoms with Crippen LogP contribution in [-0.4, -0.2) is 46.7 Å². The van der Waals surface area contributed by atoms with Crippen LogP contribution < -0.4 is 5.32 Å². The summed E-state index contributed by atoms with van der Waals surface area (Å²) in [6, 6.07) is 8.27. The molecule has 1 aromatic carbocycles. The second-order valence-corrected chi connectivity index (χ2v) is 6.00. The molecule has 9 heteroatoms. The maximum atomic E-state index is 12.0. The standard InChI is InChI=1S/C13H12N2O6S/c16-12(15-11(13(17)18)7-22(19,20)21)10-6-5-8-3-1-2-4-9(8)14-10/h1-6,11H,7H2,(H,15,16)(H,17,18)(H,19,20,21). The van der Waals surface area contributed by atoms with Gasteiger partial charge in [0.2, 0.25) is 0 Å². The second kappa shape index (κ2) is 6.08. The van der Waals surface area contributed by atoms with Gasteiger partial charge < -0.3 is 10.4 Å². The van der Waals surface area contributed by atoms with Crippen LogP contribution in [0.4, 0.5) is 0 Å². The van der Waals surface area contributed by atoms with Crippen LogP contribution in [0.5, 0.6) is 0 Å². The van der Waals surface area contributed by atoms with Crippen molar-refractivity contribution in [2.75, 3.05) is 5.75 Å². The molecule has 0 bridgehead atoms. The molecule has 1 amide bonds. The molecular weight excluding hydrogens is 312 g/mol. The first-order chi connectivity index (χ1) is 10.3. The number of amides is 1. The molecule has 0 radical (unpaired) electrons. The number of aromatic nitrogens is 1. The minimum absolute atomic E-state index is 0.0553. The fourth-order valence-corrected chi connectivity index (χ4v) is 2.46. The van der Waals surface area contributed by atoms with Crippen molar-refractivity contribution >= 4 is 32.9 Å². The Hall–Kier alpha value is -2.52. The van der Waals surface area contributed by atoms with Crippen molar-refractivity contribution in [3.8, 4) is 0 Å². The molecule has 0 saturated carbocycles. The fourth-order valence-electron chi connectivity index (χ4n) is 1.81. The van der Waals surface area contributed by atoms with E-state index in [-0.39, 0.29) is 5.69 Å². The predicted molar refractivity (Wildman–Crippen MR) is 77.0 cm³/mol. The van der Waals surface area contributed by atoms with E-state index in [1.54, 1.807) is 30.3 Å². The van der Waals surface area contributed by atoms with E-state index in [9.17, 15) is 18.0 Å². The Labute approximate surface area is 125 Å². The molecule has 0 aliphatic rings. The van der Waals surface area contributed by atoms with Crippen molar-refractivity contribution < 1.29 is 27.7 Å². The number of hydrogen-bond acceptors (Lipinski definition) is 5. The SMILES string of the molecule is O=C(NC(CS(=O)(=O)O)C(=O)O)c1ccc2ccccc2n1. The van der Waals surface area contributed by atoms with Gasteiger partial charge in [0.1, 0.15) is 17.5 Å². The zero-order valence-corrected chi connectivity index (χ0v) is 11.9. The molecule has 0 aliphatic heterocycles. The quantitative estimate of drug-likeness (QED) is 0.674. The van der Waals surface area contributed by atoms with Crippen LogP contribution in [0.3, 0.4) is 0 Å². The lowest BCUT2D eigenvalue weighted by molar-refractivity contribution is -0.138. The Balaban J connectivity index is 2.23. The summed E-state index contributed by atoms with van der Waals surface area (Å²) in [5, 5.41) is 11.7. The number of pyridine rings is 1. The van der Waals surface area contributed by atoms with Crippen molar-refractivity contribution in [2.45, 2.75) is 6.04 Å². The smallest absolute Gasteiger partial charge is 0.327 e. The number of carbonyl (C=O) groups excluding carboxylic acids is 1. The summed E-state index contributed by atoms with van der Waals surface area (Å²) in [6.07, 6.45) is 0. The van der Waals surface area contributed by atoms with Gasteiger partial charge in [-0.25, -0.2) is 9.78 Å². The van der Waals surface area contributed by atoms with Crippen LogP contribution in [0, 0.1) is 0 Å². The molecule has 1 atom stereocenters. The second-order valence-electron chi connectivity index (χ2n) is 4.50. The number of hydrogen-bond donors (Lipinski definition) is 3. The molecule has 22 heavy (non-hydrogen) atoms. The minimum atomic E-state index is -4.55. The first kappa shape index (κ1) is 15.9. The fraction of sp³-hybridized carbons (Fsp3) is 0.154. The summed E-state index contributed by atoms with van der Waals surface area (Å²) in [7, 11) is -4.55. The number of carboxylic acid groups (broad SMARTS) is 1. The number of carboxylic acids is 1. The molecule has 1 unspecified atom stereocenters. The molecule has 8 nitrogen and oxygen atoms in total. The molecule has 0 saturated heterocycles. The Bertz CT molecular complexity index is 833. The average molecular weight is 324 g/mol. The highest BCUT2D eigenvalue weighted by atomic mass is 32.2. The molecule has 0 fully saturated rings. The zero-order valence-electron chi connectivity index (χ0n) is 11.1. The summed E-state index contributed by atoms with van der Waals surface area (Å²) in [5.74, 6) is -3.55. The van der Waals surface area contributed by atoms with Crippen molar-refractivity contribution in [1.82, 2.24) is 10.3 Å². The number of fused-ring (bicyclic) bond motifs is 1. The number of nitrogens with zero attached hydrogens (tertiary/aromatic N) is 1. The number of nitrogens with one attached hydrogen (secondary N) is 1. The maximum absolute atomic E-state index is 12.0. The minimum Gasteiger partial charge on any atom is -0.480 e. The number of rotatable bonds is 5. The molecule has 0 spiro atoms. The van der Waals surface area contributed by atoms with E-state index in [1.165, 1.54) is 6.07 Å². The molecule has 1 heterocycles. The Morgan fingerprint density at radius 1 is 1.18 bits per heavy atom. The molecular formula is C13H12N2O6S. The summed E-state index contributed by atoms with van der Waals surface area (Å²) >= 11 is 0. The highest BCUT2D eigenvalue weighted by molar-refractivity contribution is 7.85. The zero-order chi connectivity index (χ0) is 16.3. The van der Waals surface area contributed by atoms with E-state index in [4.69, 9.17) is 9.66 Å². The van der Waals surface area contributed by atoms with Crippen molar-refractivity contribution in [3.05, 3.63) is 42.1 Å². The normalized spacial score (nSPS) is 12.8. The van der Waals surface area contributed by atoms with Gasteiger partial charge in [-0.3, -0.25) is 9.35 Å². The highest BCUT2D eigenvalue weighted by Gasteiger charge is 2.26. The summed E-state index contributed by atoms with van der Waals surface area (Å²) in [4.78, 5) is 27.0. The summed E-state index contributed by atoms with van der Waals surface area (Å²) in [5.41, 5.74) is 0.483. The largest absolute Gasteiger partial charge is 0.480 e. The first-order valence-electron chi connectivity index (χ1n) is 6.11. The summed E-state index contributed by atoms with van der Waals surface area (Å²) < 4.78 is 30.2. The monoisotopic (exact) mass is 324 g/mol. The number of para-hydroxylation sites is 1. The maximum Gasteiger partial charge on any atom is 0.327 e. The number of benzene rings is 1. The molecule has 0 aliphatic carbocycles. The Morgan fingerprint density at radius 3 is 2.50 bits per heavy atom. The number of carbonyl (C=O) groups is 2. The van der Waals surface area contributed by atoms with Gasteiger partial charge in [-0.05, 0) is 12.1 Å². The lowest BCUT2D eigenvalue weighted by Crippen LogP contribution is -2.45. The molecule has 116 valence electrons. The third-order valence-electron chi connectivity index (χ3n) is 2.81. The Kier molecular flexibility index (Phi) is 4.38. The van der Waals surface area contributed by atoms with E-state index < -0.39 is 33.8 Å². The van der Waals surface area contributed by atoms with Crippen LogP contribution in [0.2, 0.25) is 0 Å². The molecule has 1 aromatic heterocycles. The Morgan fingerprint density at radius 2 is 1.86 bits per heavy atom. The van der Waals surface area contributed by atoms with E-state index in [1.807, 2.05) is 5.32 Å². The van der Waals surface area contributed by atoms with Crippen LogP contribution in [-0.2, 0) is 14.9 Å². The lowest BCUT2D eigenvalue weighted by atomic mass is 10.2. The number of aliphatic carboxylic acids is 1. The van der Waals surface area contributed by atoms with Crippen LogP contribution in [0.25, 0.3) is 10.9 Å². The van der Waals surface area contributed by atoms with Gasteiger partial charge >= 0.3 is 5.97 Å². The van der Waals surface area contributed by atoms with Crippen LogP contribution >= 0.6 is 0 Å². The van der Waals surface area contributed by atoms with Gasteiger partial charge in [-0.2, -0.15) is 8.42 Å². The van der Waals surface area contributed by atoms with Gasteiger partial charge in [0.25, 0.3) is 16.0 Å². The van der Waals surface area contributed by atoms with Gasteiger partial charge in [0.15, 0.2) is 0 Å². The van der Waals surface area contributed by atoms with Gasteiger partial charge in [-0.1, -0.05) is 24.3 Å². The predicted octanol–water partition coefficient (Wildman–Crippen LogP) is 0.306.